The lowest BCUT2D eigenvalue weighted by Gasteiger charge is -2.32. The highest BCUT2D eigenvalue weighted by atomic mass is 32.2. The van der Waals surface area contributed by atoms with Crippen LogP contribution in [-0.4, -0.2) is 64.0 Å². The molecule has 1 amide bonds. The number of carbonyl (C=O) groups is 1. The van der Waals surface area contributed by atoms with Crippen molar-refractivity contribution in [1.29, 1.82) is 0 Å². The summed E-state index contributed by atoms with van der Waals surface area (Å²) in [7, 11) is 0. The highest BCUT2D eigenvalue weighted by molar-refractivity contribution is 8.00. The Hall–Kier alpha value is -1.38. The molecular weight excluding hydrogens is 330 g/mol. The summed E-state index contributed by atoms with van der Waals surface area (Å²) in [6, 6.07) is 3.99. The topological polar surface area (TPSA) is 66.3 Å². The van der Waals surface area contributed by atoms with Crippen LogP contribution >= 0.6 is 23.1 Å². The van der Waals surface area contributed by atoms with Crippen molar-refractivity contribution in [1.82, 2.24) is 20.1 Å². The fraction of sp³-hybridized carbons (Fsp3) is 0.533. The standard InChI is InChI=1S/C15H21N5OS2/c1-3-19-6-8-20(9-7-19)14(21)11(2)23-15-16-13(17-18-15)12-5-4-10-22-12/h4-5,10-11H,3,6-9H2,1-2H3,(H,16,17,18)/p+1/t11-/m0/s1. The number of thiophene rings is 1. The summed E-state index contributed by atoms with van der Waals surface area (Å²) in [5, 5.41) is 9.65. The molecule has 2 N–H and O–H groups in total. The van der Waals surface area contributed by atoms with E-state index >= 15 is 0 Å². The van der Waals surface area contributed by atoms with Gasteiger partial charge in [0.2, 0.25) is 11.1 Å². The van der Waals surface area contributed by atoms with E-state index in [1.54, 1.807) is 16.2 Å². The Morgan fingerprint density at radius 2 is 2.30 bits per heavy atom. The average molecular weight is 353 g/mol. The van der Waals surface area contributed by atoms with E-state index in [0.29, 0.717) is 5.16 Å². The van der Waals surface area contributed by atoms with Crippen LogP contribution in [0, 0.1) is 0 Å². The SMILES string of the molecule is CC[NH+]1CCN(C(=O)[C@H](C)Sc2n[nH]c(-c3cccs3)n2)CC1. The molecule has 0 spiro atoms. The number of carbonyl (C=O) groups excluding carboxylic acids is 1. The Bertz CT molecular complexity index is 634. The molecular formula is C15H22N5OS2+. The summed E-state index contributed by atoms with van der Waals surface area (Å²) in [5.41, 5.74) is 0. The van der Waals surface area contributed by atoms with Gasteiger partial charge in [-0.3, -0.25) is 9.89 Å². The van der Waals surface area contributed by atoms with Crippen LogP contribution in [-0.2, 0) is 4.79 Å². The second-order valence-electron chi connectivity index (χ2n) is 5.63. The number of nitrogens with one attached hydrogen (secondary N) is 2. The number of thioether (sulfide) groups is 1. The molecule has 8 heteroatoms. The molecule has 0 saturated carbocycles. The van der Waals surface area contributed by atoms with Crippen LogP contribution in [0.15, 0.2) is 22.7 Å². The highest BCUT2D eigenvalue weighted by Gasteiger charge is 2.27. The van der Waals surface area contributed by atoms with E-state index < -0.39 is 0 Å². The molecule has 3 rings (SSSR count). The van der Waals surface area contributed by atoms with Crippen molar-refractivity contribution >= 4 is 29.0 Å². The molecule has 2 aromatic rings. The van der Waals surface area contributed by atoms with E-state index in [2.05, 4.69) is 22.1 Å². The van der Waals surface area contributed by atoms with Gasteiger partial charge in [0.05, 0.1) is 42.9 Å². The van der Waals surface area contributed by atoms with Gasteiger partial charge in [-0.25, -0.2) is 4.98 Å². The van der Waals surface area contributed by atoms with Crippen LogP contribution in [0.4, 0.5) is 0 Å². The number of nitrogens with zero attached hydrogens (tertiary/aromatic N) is 3. The van der Waals surface area contributed by atoms with Crippen molar-refractivity contribution < 1.29 is 9.69 Å². The van der Waals surface area contributed by atoms with E-state index in [1.165, 1.54) is 11.8 Å². The third-order valence-corrected chi connectivity index (χ3v) is 5.96. The van der Waals surface area contributed by atoms with Gasteiger partial charge in [0.1, 0.15) is 0 Å². The van der Waals surface area contributed by atoms with Crippen LogP contribution in [0.3, 0.4) is 0 Å². The fourth-order valence-corrected chi connectivity index (χ4v) is 4.16. The molecule has 6 nitrogen and oxygen atoms in total. The minimum atomic E-state index is -0.162. The highest BCUT2D eigenvalue weighted by Crippen LogP contribution is 2.25. The molecule has 1 aliphatic heterocycles. The number of aromatic amines is 1. The molecule has 1 saturated heterocycles. The average Bonchev–Trinajstić information content (AvgIpc) is 3.25. The lowest BCUT2D eigenvalue weighted by atomic mass is 10.3. The summed E-state index contributed by atoms with van der Waals surface area (Å²) >= 11 is 3.04. The fourth-order valence-electron chi connectivity index (χ4n) is 2.69. The molecule has 2 aromatic heterocycles. The first kappa shape index (κ1) is 16.5. The van der Waals surface area contributed by atoms with E-state index in [-0.39, 0.29) is 11.2 Å². The number of likely N-dealkylation sites (N-methyl/N-ethyl adjacent to an activating group) is 1. The van der Waals surface area contributed by atoms with Crippen molar-refractivity contribution in [3.05, 3.63) is 17.5 Å². The van der Waals surface area contributed by atoms with Gasteiger partial charge >= 0.3 is 0 Å². The third kappa shape index (κ3) is 3.94. The van der Waals surface area contributed by atoms with Gasteiger partial charge < -0.3 is 9.80 Å². The molecule has 0 aromatic carbocycles. The van der Waals surface area contributed by atoms with E-state index in [1.807, 2.05) is 29.3 Å². The second-order valence-corrected chi connectivity index (χ2v) is 7.89. The molecule has 3 heterocycles. The van der Waals surface area contributed by atoms with Crippen LogP contribution in [0.1, 0.15) is 13.8 Å². The lowest BCUT2D eigenvalue weighted by Crippen LogP contribution is -3.14. The predicted molar refractivity (Wildman–Crippen MR) is 92.8 cm³/mol. The summed E-state index contributed by atoms with van der Waals surface area (Å²) in [4.78, 5) is 21.6. The van der Waals surface area contributed by atoms with Gasteiger partial charge in [0, 0.05) is 0 Å². The van der Waals surface area contributed by atoms with E-state index in [4.69, 9.17) is 0 Å². The minimum absolute atomic E-state index is 0.162. The van der Waals surface area contributed by atoms with E-state index in [0.717, 1.165) is 43.4 Å². The van der Waals surface area contributed by atoms with Gasteiger partial charge in [-0.15, -0.1) is 16.4 Å². The maximum atomic E-state index is 12.6. The summed E-state index contributed by atoms with van der Waals surface area (Å²) in [5.74, 6) is 0.954. The zero-order valence-corrected chi connectivity index (χ0v) is 15.0. The number of hydrogen-bond acceptors (Lipinski definition) is 5. The molecule has 1 atom stereocenters. The van der Waals surface area contributed by atoms with Gasteiger partial charge in [0.15, 0.2) is 5.82 Å². The first-order chi connectivity index (χ1) is 11.2. The number of amides is 1. The Kier molecular flexibility index (Phi) is 5.34. The molecule has 0 aliphatic carbocycles. The van der Waals surface area contributed by atoms with Crippen LogP contribution < -0.4 is 4.90 Å². The first-order valence-corrected chi connectivity index (χ1v) is 9.68. The normalized spacial score (nSPS) is 17.4. The Balaban J connectivity index is 1.56. The minimum Gasteiger partial charge on any atom is -0.332 e. The number of hydrogen-bond donors (Lipinski definition) is 2. The van der Waals surface area contributed by atoms with Gasteiger partial charge in [-0.2, -0.15) is 0 Å². The zero-order chi connectivity index (χ0) is 16.2. The van der Waals surface area contributed by atoms with Crippen LogP contribution in [0.25, 0.3) is 10.7 Å². The predicted octanol–water partition coefficient (Wildman–Crippen LogP) is 0.761. The lowest BCUT2D eigenvalue weighted by molar-refractivity contribution is -0.902. The van der Waals surface area contributed by atoms with Crippen molar-refractivity contribution in [3.63, 3.8) is 0 Å². The molecule has 124 valence electrons. The van der Waals surface area contributed by atoms with Crippen LogP contribution in [0.5, 0.6) is 0 Å². The maximum absolute atomic E-state index is 12.6. The van der Waals surface area contributed by atoms with Crippen molar-refractivity contribution in [3.8, 4) is 10.7 Å². The Labute approximate surface area is 144 Å². The number of H-pyrrole nitrogens is 1. The van der Waals surface area contributed by atoms with Gasteiger partial charge in [-0.1, -0.05) is 17.8 Å². The number of aromatic nitrogens is 3. The quantitative estimate of drug-likeness (QED) is 0.780. The molecule has 23 heavy (non-hydrogen) atoms. The van der Waals surface area contributed by atoms with Crippen LogP contribution in [0.2, 0.25) is 0 Å². The van der Waals surface area contributed by atoms with Crippen molar-refractivity contribution in [2.75, 3.05) is 32.7 Å². The van der Waals surface area contributed by atoms with E-state index in [9.17, 15) is 4.79 Å². The monoisotopic (exact) mass is 352 g/mol. The number of piperazine rings is 1. The zero-order valence-electron chi connectivity index (χ0n) is 13.4. The van der Waals surface area contributed by atoms with Gasteiger partial charge in [-0.05, 0) is 25.3 Å². The molecule has 0 bridgehead atoms. The smallest absolute Gasteiger partial charge is 0.236 e. The largest absolute Gasteiger partial charge is 0.332 e. The van der Waals surface area contributed by atoms with Crippen molar-refractivity contribution in [2.24, 2.45) is 0 Å². The second kappa shape index (κ2) is 7.46. The molecule has 0 unspecified atom stereocenters. The maximum Gasteiger partial charge on any atom is 0.236 e. The Morgan fingerprint density at radius 3 is 2.96 bits per heavy atom. The molecule has 0 radical (unpaired) electrons. The summed E-state index contributed by atoms with van der Waals surface area (Å²) in [6.45, 7) is 9.05. The summed E-state index contributed by atoms with van der Waals surface area (Å²) in [6.07, 6.45) is 0. The third-order valence-electron chi connectivity index (χ3n) is 4.13. The number of rotatable bonds is 5. The molecule has 1 aliphatic rings. The molecule has 1 fully saturated rings. The van der Waals surface area contributed by atoms with Crippen molar-refractivity contribution in [2.45, 2.75) is 24.3 Å². The number of quaternary nitrogens is 1. The summed E-state index contributed by atoms with van der Waals surface area (Å²) < 4.78 is 0. The van der Waals surface area contributed by atoms with Gasteiger partial charge in [0.25, 0.3) is 0 Å². The first-order valence-electron chi connectivity index (χ1n) is 7.92. The Morgan fingerprint density at radius 1 is 1.52 bits per heavy atom.